The van der Waals surface area contributed by atoms with Gasteiger partial charge < -0.3 is 24.4 Å². The van der Waals surface area contributed by atoms with Crippen molar-refractivity contribution >= 4 is 19.8 Å². The summed E-state index contributed by atoms with van der Waals surface area (Å²) in [6, 6.07) is 0. The minimum absolute atomic E-state index is 0.139. The second-order valence-electron chi connectivity index (χ2n) is 12.0. The van der Waals surface area contributed by atoms with Crippen LogP contribution in [0.4, 0.5) is 0 Å². The van der Waals surface area contributed by atoms with Gasteiger partial charge in [-0.05, 0) is 70.6 Å². The van der Waals surface area contributed by atoms with Crippen LogP contribution in [-0.2, 0) is 28.2 Å². The van der Waals surface area contributed by atoms with Crippen molar-refractivity contribution in [2.24, 2.45) is 0 Å². The van der Waals surface area contributed by atoms with Gasteiger partial charge in [-0.2, -0.15) is 0 Å². The van der Waals surface area contributed by atoms with E-state index in [0.717, 1.165) is 70.6 Å². The Labute approximate surface area is 296 Å². The first-order chi connectivity index (χ1) is 23.7. The smallest absolute Gasteiger partial charge is 0.462 e. The summed E-state index contributed by atoms with van der Waals surface area (Å²) in [6.45, 7) is 3.38. The van der Waals surface area contributed by atoms with E-state index in [4.69, 9.17) is 19.3 Å². The second kappa shape index (κ2) is 33.9. The number of carbonyl (C=O) groups is 2. The Hall–Kier alpha value is -2.55. The number of rotatable bonds is 32. The molecule has 0 aliphatic rings. The minimum Gasteiger partial charge on any atom is -0.462 e. The Balaban J connectivity index is 4.16. The molecule has 0 saturated carbocycles. The Morgan fingerprint density at radius 3 is 1.90 bits per heavy atom. The number of esters is 2. The largest absolute Gasteiger partial charge is 0.469 e. The van der Waals surface area contributed by atoms with Gasteiger partial charge in [0.2, 0.25) is 0 Å². The third kappa shape index (κ3) is 36.6. The lowest BCUT2D eigenvalue weighted by Gasteiger charge is -2.18. The summed E-state index contributed by atoms with van der Waals surface area (Å²) in [5.41, 5.74) is 0. The highest BCUT2D eigenvalue weighted by molar-refractivity contribution is 7.46. The number of ether oxygens (including phenoxy) is 2. The van der Waals surface area contributed by atoms with Crippen LogP contribution in [-0.4, -0.2) is 52.3 Å². The molecule has 0 radical (unpaired) electrons. The molecule has 1 unspecified atom stereocenters. The summed E-state index contributed by atoms with van der Waals surface area (Å²) in [5.74, 6) is -1.02. The highest BCUT2D eigenvalue weighted by Crippen LogP contribution is 2.35. The average Bonchev–Trinajstić information content (AvgIpc) is 3.06. The number of phosphoric acid groups is 1. The van der Waals surface area contributed by atoms with Crippen molar-refractivity contribution in [3.63, 3.8) is 0 Å². The van der Waals surface area contributed by atoms with Crippen LogP contribution in [0.1, 0.15) is 136 Å². The number of phosphoric ester groups is 1. The second-order valence-corrected chi connectivity index (χ2v) is 13.2. The van der Waals surface area contributed by atoms with E-state index in [0.29, 0.717) is 19.3 Å². The summed E-state index contributed by atoms with van der Waals surface area (Å²) in [7, 11) is -4.79. The molecule has 0 heterocycles. The van der Waals surface area contributed by atoms with Crippen molar-refractivity contribution in [3.8, 4) is 0 Å². The number of carbonyl (C=O) groups excluding carboxylic acids is 2. The predicted octanol–water partition coefficient (Wildman–Crippen LogP) is 9.70. The van der Waals surface area contributed by atoms with Gasteiger partial charge in [-0.25, -0.2) is 4.57 Å². The number of aliphatic hydroxyl groups is 1. The number of hydrogen-bond acceptors (Lipinski definition) is 7. The maximum absolute atomic E-state index is 12.3. The number of unbranched alkanes of at least 4 members (excludes halogenated alkanes) is 9. The van der Waals surface area contributed by atoms with Crippen LogP contribution in [0.15, 0.2) is 72.9 Å². The molecule has 0 bridgehead atoms. The van der Waals surface area contributed by atoms with Gasteiger partial charge in [0, 0.05) is 12.8 Å². The molecule has 0 aliphatic carbocycles. The fraction of sp³-hybridized carbons (Fsp3) is 0.641. The molecule has 280 valence electrons. The van der Waals surface area contributed by atoms with Crippen LogP contribution in [0, 0.1) is 0 Å². The van der Waals surface area contributed by atoms with E-state index in [1.165, 1.54) is 19.3 Å². The normalized spacial score (nSPS) is 14.0. The molecule has 3 N–H and O–H groups in total. The summed E-state index contributed by atoms with van der Waals surface area (Å²) in [6.07, 6.45) is 39.3. The molecule has 0 rings (SSSR count). The molecule has 0 amide bonds. The minimum atomic E-state index is -4.79. The standard InChI is InChI=1S/C39H65O9P/c1-3-5-7-9-11-12-13-14-15-16-17-18-20-24-29-33-39(42)48-37(35-47-49(43,44)45)34-46-38(41)32-28-25-21-23-27-31-36(40)30-26-22-19-10-8-6-4-2/h6,8,11-12,14-15,17-19,22,26,30,36-37,40H,3-5,7,9-10,13,16,20-21,23-25,27-29,31-35H2,1-2H3,(H2,43,44,45)/b8-6+,12-11-,15-14-,18-17-,22-19+,30-26+/t36?,37-/m1/s1. The quantitative estimate of drug-likeness (QED) is 0.0205. The maximum Gasteiger partial charge on any atom is 0.469 e. The van der Waals surface area contributed by atoms with E-state index in [9.17, 15) is 19.3 Å². The van der Waals surface area contributed by atoms with Gasteiger partial charge in [-0.1, -0.05) is 125 Å². The van der Waals surface area contributed by atoms with Gasteiger partial charge >= 0.3 is 19.8 Å². The van der Waals surface area contributed by atoms with Gasteiger partial charge in [0.1, 0.15) is 6.61 Å². The first-order valence-electron chi connectivity index (χ1n) is 18.3. The molecule has 0 aromatic heterocycles. The van der Waals surface area contributed by atoms with Crippen LogP contribution in [0.5, 0.6) is 0 Å². The van der Waals surface area contributed by atoms with E-state index >= 15 is 0 Å². The van der Waals surface area contributed by atoms with Crippen molar-refractivity contribution in [3.05, 3.63) is 72.9 Å². The Kier molecular flexibility index (Phi) is 32.2. The fourth-order valence-electron chi connectivity index (χ4n) is 4.56. The Morgan fingerprint density at radius 1 is 0.653 bits per heavy atom. The molecule has 0 aromatic rings. The zero-order valence-corrected chi connectivity index (χ0v) is 31.1. The van der Waals surface area contributed by atoms with E-state index in [1.807, 2.05) is 18.2 Å². The van der Waals surface area contributed by atoms with Gasteiger partial charge in [-0.3, -0.25) is 14.1 Å². The Morgan fingerprint density at radius 2 is 1.22 bits per heavy atom. The zero-order valence-electron chi connectivity index (χ0n) is 30.2. The van der Waals surface area contributed by atoms with Crippen LogP contribution in [0.25, 0.3) is 0 Å². The lowest BCUT2D eigenvalue weighted by Crippen LogP contribution is -2.29. The predicted molar refractivity (Wildman–Crippen MR) is 199 cm³/mol. The van der Waals surface area contributed by atoms with Crippen molar-refractivity contribution in [1.29, 1.82) is 0 Å². The number of allylic oxidation sites excluding steroid dienone is 11. The summed E-state index contributed by atoms with van der Waals surface area (Å²) >= 11 is 0. The van der Waals surface area contributed by atoms with Crippen LogP contribution in [0.2, 0.25) is 0 Å². The molecule has 0 spiro atoms. The first kappa shape index (κ1) is 46.5. The third-order valence-corrected chi connectivity index (χ3v) is 7.80. The maximum atomic E-state index is 12.3. The van der Waals surface area contributed by atoms with Crippen LogP contribution < -0.4 is 0 Å². The zero-order chi connectivity index (χ0) is 36.3. The molecule has 0 fully saturated rings. The first-order valence-corrected chi connectivity index (χ1v) is 19.9. The lowest BCUT2D eigenvalue weighted by atomic mass is 10.1. The van der Waals surface area contributed by atoms with Crippen molar-refractivity contribution < 1.29 is 43.0 Å². The highest BCUT2D eigenvalue weighted by atomic mass is 31.2. The molecule has 49 heavy (non-hydrogen) atoms. The van der Waals surface area contributed by atoms with E-state index < -0.39 is 38.6 Å². The van der Waals surface area contributed by atoms with Gasteiger partial charge in [-0.15, -0.1) is 0 Å². The molecule has 0 saturated heterocycles. The van der Waals surface area contributed by atoms with Crippen LogP contribution in [0.3, 0.4) is 0 Å². The van der Waals surface area contributed by atoms with E-state index in [2.05, 4.69) is 67.0 Å². The average molecular weight is 709 g/mol. The number of aliphatic hydroxyl groups excluding tert-OH is 1. The van der Waals surface area contributed by atoms with Gasteiger partial charge in [0.25, 0.3) is 0 Å². The molecule has 2 atom stereocenters. The molecular weight excluding hydrogens is 643 g/mol. The Bertz CT molecular complexity index is 1040. The summed E-state index contributed by atoms with van der Waals surface area (Å²) < 4.78 is 26.2. The molecular formula is C39H65O9P. The van der Waals surface area contributed by atoms with E-state index in [1.54, 1.807) is 6.08 Å². The monoisotopic (exact) mass is 708 g/mol. The third-order valence-electron chi connectivity index (χ3n) is 7.31. The SMILES string of the molecule is CC/C=C/C/C=C/C=C/C(O)CCCCCCCC(=O)OC[C@H](COP(=O)(O)O)OC(=O)CCCC/C=C\C/C=C\C/C=C\CCCCC. The molecule has 0 aromatic carbocycles. The molecule has 10 heteroatoms. The van der Waals surface area contributed by atoms with E-state index in [-0.39, 0.29) is 19.4 Å². The van der Waals surface area contributed by atoms with Crippen molar-refractivity contribution in [1.82, 2.24) is 0 Å². The van der Waals surface area contributed by atoms with Gasteiger partial charge in [0.15, 0.2) is 6.10 Å². The van der Waals surface area contributed by atoms with Crippen molar-refractivity contribution in [2.75, 3.05) is 13.2 Å². The van der Waals surface area contributed by atoms with Crippen LogP contribution >= 0.6 is 7.82 Å². The topological polar surface area (TPSA) is 140 Å². The highest BCUT2D eigenvalue weighted by Gasteiger charge is 2.22. The van der Waals surface area contributed by atoms with Gasteiger partial charge in [0.05, 0.1) is 12.7 Å². The molecule has 9 nitrogen and oxygen atoms in total. The van der Waals surface area contributed by atoms with Crippen molar-refractivity contribution in [2.45, 2.75) is 148 Å². The summed E-state index contributed by atoms with van der Waals surface area (Å²) in [4.78, 5) is 42.7. The number of hydrogen-bond donors (Lipinski definition) is 3. The summed E-state index contributed by atoms with van der Waals surface area (Å²) in [5, 5.41) is 10.1. The molecule has 0 aliphatic heterocycles. The fourth-order valence-corrected chi connectivity index (χ4v) is 4.92. The lowest BCUT2D eigenvalue weighted by molar-refractivity contribution is -0.161.